The number of hydrogen-bond acceptors (Lipinski definition) is 3. The van der Waals surface area contributed by atoms with E-state index in [1.165, 1.54) is 12.0 Å². The average molecular weight is 293 g/mol. The topological polar surface area (TPSA) is 46.2 Å². The number of nitrogens with one attached hydrogen (secondary N) is 1. The molecule has 0 radical (unpaired) electrons. The summed E-state index contributed by atoms with van der Waals surface area (Å²) < 4.78 is 23.4. The quantitative estimate of drug-likeness (QED) is 0.905. The highest BCUT2D eigenvalue weighted by atomic mass is 32.2. The molecule has 0 spiro atoms. The van der Waals surface area contributed by atoms with E-state index in [-0.39, 0.29) is 0 Å². The van der Waals surface area contributed by atoms with Gasteiger partial charge in [-0.25, -0.2) is 8.42 Å². The largest absolute Gasteiger partial charge is 0.314 e. The first-order chi connectivity index (χ1) is 9.61. The Morgan fingerprint density at radius 1 is 1.30 bits per heavy atom. The minimum atomic E-state index is -2.79. The minimum absolute atomic E-state index is 0.304. The van der Waals surface area contributed by atoms with Gasteiger partial charge in [0.05, 0.1) is 11.5 Å². The Morgan fingerprint density at radius 3 is 2.65 bits per heavy atom. The molecule has 20 heavy (non-hydrogen) atoms. The van der Waals surface area contributed by atoms with Gasteiger partial charge in [-0.15, -0.1) is 0 Å². The second-order valence-corrected chi connectivity index (χ2v) is 8.39. The van der Waals surface area contributed by atoms with Crippen molar-refractivity contribution in [3.8, 4) is 0 Å². The van der Waals surface area contributed by atoms with Crippen LogP contribution in [0.25, 0.3) is 0 Å². The van der Waals surface area contributed by atoms with Gasteiger partial charge in [-0.1, -0.05) is 37.3 Å². The maximum absolute atomic E-state index is 11.7. The molecular weight excluding hydrogens is 270 g/mol. The Labute approximate surface area is 121 Å². The fourth-order valence-corrected chi connectivity index (χ4v) is 5.56. The van der Waals surface area contributed by atoms with Crippen molar-refractivity contribution in [3.63, 3.8) is 0 Å². The molecular formula is C16H23NO2S. The van der Waals surface area contributed by atoms with Crippen LogP contribution >= 0.6 is 0 Å². The SMILES string of the molecule is CCNC(C1CCS(=O)(=O)C1)C1CC1c1ccccc1. The lowest BCUT2D eigenvalue weighted by atomic mass is 9.92. The van der Waals surface area contributed by atoms with E-state index in [1.807, 2.05) is 6.07 Å². The van der Waals surface area contributed by atoms with Gasteiger partial charge in [-0.2, -0.15) is 0 Å². The fraction of sp³-hybridized carbons (Fsp3) is 0.625. The molecule has 1 aliphatic heterocycles. The van der Waals surface area contributed by atoms with Crippen molar-refractivity contribution in [1.29, 1.82) is 0 Å². The highest BCUT2D eigenvalue weighted by Gasteiger charge is 2.48. The van der Waals surface area contributed by atoms with E-state index in [9.17, 15) is 8.42 Å². The smallest absolute Gasteiger partial charge is 0.150 e. The summed E-state index contributed by atoms with van der Waals surface area (Å²) in [4.78, 5) is 0. The summed E-state index contributed by atoms with van der Waals surface area (Å²) in [6, 6.07) is 11.0. The van der Waals surface area contributed by atoms with E-state index in [2.05, 4.69) is 36.5 Å². The van der Waals surface area contributed by atoms with Gasteiger partial charge in [-0.3, -0.25) is 0 Å². The number of sulfone groups is 1. The van der Waals surface area contributed by atoms with Gasteiger partial charge < -0.3 is 5.32 Å². The molecule has 1 aliphatic carbocycles. The Kier molecular flexibility index (Phi) is 3.87. The van der Waals surface area contributed by atoms with E-state index in [1.54, 1.807) is 0 Å². The maximum atomic E-state index is 11.7. The highest BCUT2D eigenvalue weighted by molar-refractivity contribution is 7.91. The number of hydrogen-bond donors (Lipinski definition) is 1. The molecule has 1 aromatic rings. The Balaban J connectivity index is 1.70. The molecule has 2 aliphatic rings. The summed E-state index contributed by atoms with van der Waals surface area (Å²) in [5.41, 5.74) is 1.40. The first kappa shape index (κ1) is 14.1. The van der Waals surface area contributed by atoms with Crippen molar-refractivity contribution >= 4 is 9.84 Å². The molecule has 4 heteroatoms. The second kappa shape index (κ2) is 5.49. The summed E-state index contributed by atoms with van der Waals surface area (Å²) in [5.74, 6) is 2.28. The van der Waals surface area contributed by atoms with Crippen LogP contribution in [0.15, 0.2) is 30.3 Å². The van der Waals surface area contributed by atoms with Crippen molar-refractivity contribution in [2.24, 2.45) is 11.8 Å². The van der Waals surface area contributed by atoms with Crippen molar-refractivity contribution in [3.05, 3.63) is 35.9 Å². The standard InChI is InChI=1S/C16H23NO2S/c1-2-17-16(13-8-9-20(18,19)11-13)15-10-14(15)12-6-4-3-5-7-12/h3-7,13-17H,2,8-11H2,1H3. The molecule has 110 valence electrons. The summed E-state index contributed by atoms with van der Waals surface area (Å²) in [7, 11) is -2.79. The van der Waals surface area contributed by atoms with E-state index in [0.29, 0.717) is 35.3 Å². The predicted molar refractivity (Wildman–Crippen MR) is 81.5 cm³/mol. The summed E-state index contributed by atoms with van der Waals surface area (Å²) in [6.07, 6.45) is 2.02. The number of rotatable bonds is 5. The molecule has 1 heterocycles. The van der Waals surface area contributed by atoms with Crippen LogP contribution in [0.3, 0.4) is 0 Å². The lowest BCUT2D eigenvalue weighted by molar-refractivity contribution is 0.347. The van der Waals surface area contributed by atoms with Crippen molar-refractivity contribution in [2.45, 2.75) is 31.7 Å². The van der Waals surface area contributed by atoms with Crippen LogP contribution in [0.1, 0.15) is 31.2 Å². The van der Waals surface area contributed by atoms with E-state index in [0.717, 1.165) is 13.0 Å². The summed E-state index contributed by atoms with van der Waals surface area (Å²) in [6.45, 7) is 3.02. The summed E-state index contributed by atoms with van der Waals surface area (Å²) >= 11 is 0. The van der Waals surface area contributed by atoms with Gasteiger partial charge >= 0.3 is 0 Å². The average Bonchev–Trinajstić information content (AvgIpc) is 3.14. The van der Waals surface area contributed by atoms with Crippen molar-refractivity contribution < 1.29 is 8.42 Å². The highest BCUT2D eigenvalue weighted by Crippen LogP contribution is 2.51. The van der Waals surface area contributed by atoms with Gasteiger partial charge in [0.15, 0.2) is 9.84 Å². The fourth-order valence-electron chi connectivity index (χ4n) is 3.71. The molecule has 4 unspecified atom stereocenters. The van der Waals surface area contributed by atoms with Gasteiger partial charge in [0.1, 0.15) is 0 Å². The van der Waals surface area contributed by atoms with E-state index >= 15 is 0 Å². The Hall–Kier alpha value is -0.870. The lowest BCUT2D eigenvalue weighted by Crippen LogP contribution is -2.39. The zero-order valence-corrected chi connectivity index (χ0v) is 12.8. The normalized spacial score (nSPS) is 33.0. The molecule has 0 aromatic heterocycles. The molecule has 2 fully saturated rings. The van der Waals surface area contributed by atoms with Crippen molar-refractivity contribution in [2.75, 3.05) is 18.1 Å². The molecule has 3 rings (SSSR count). The minimum Gasteiger partial charge on any atom is -0.314 e. The third kappa shape index (κ3) is 2.91. The molecule has 3 nitrogen and oxygen atoms in total. The van der Waals surface area contributed by atoms with Crippen LogP contribution in [0.5, 0.6) is 0 Å². The zero-order chi connectivity index (χ0) is 14.2. The van der Waals surface area contributed by atoms with E-state index in [4.69, 9.17) is 0 Å². The maximum Gasteiger partial charge on any atom is 0.150 e. The number of benzene rings is 1. The first-order valence-corrected chi connectivity index (χ1v) is 9.41. The zero-order valence-electron chi connectivity index (χ0n) is 12.0. The van der Waals surface area contributed by atoms with E-state index < -0.39 is 9.84 Å². The second-order valence-electron chi connectivity index (χ2n) is 6.16. The monoisotopic (exact) mass is 293 g/mol. The van der Waals surface area contributed by atoms with Crippen LogP contribution in [0.4, 0.5) is 0 Å². The Morgan fingerprint density at radius 2 is 2.05 bits per heavy atom. The molecule has 1 aromatic carbocycles. The third-order valence-corrected chi connectivity index (χ3v) is 6.54. The van der Waals surface area contributed by atoms with Crippen molar-refractivity contribution in [1.82, 2.24) is 5.32 Å². The molecule has 1 saturated heterocycles. The van der Waals surface area contributed by atoms with Gasteiger partial charge in [0.25, 0.3) is 0 Å². The van der Waals surface area contributed by atoms with Gasteiger partial charge in [0.2, 0.25) is 0 Å². The third-order valence-electron chi connectivity index (χ3n) is 4.74. The first-order valence-electron chi connectivity index (χ1n) is 7.59. The summed E-state index contributed by atoms with van der Waals surface area (Å²) in [5, 5.41) is 3.56. The van der Waals surface area contributed by atoms with Crippen LogP contribution < -0.4 is 5.32 Å². The van der Waals surface area contributed by atoms with Crippen LogP contribution in [-0.2, 0) is 9.84 Å². The Bertz CT molecular complexity index is 555. The predicted octanol–water partition coefficient (Wildman–Crippen LogP) is 2.20. The van der Waals surface area contributed by atoms with Gasteiger partial charge in [-0.05, 0) is 42.7 Å². The molecule has 0 bridgehead atoms. The molecule has 1 saturated carbocycles. The van der Waals surface area contributed by atoms with Crippen LogP contribution in [0, 0.1) is 11.8 Å². The lowest BCUT2D eigenvalue weighted by Gasteiger charge is -2.24. The van der Waals surface area contributed by atoms with Crippen LogP contribution in [0.2, 0.25) is 0 Å². The van der Waals surface area contributed by atoms with Gasteiger partial charge in [0, 0.05) is 6.04 Å². The van der Waals surface area contributed by atoms with Crippen LogP contribution in [-0.4, -0.2) is 32.5 Å². The molecule has 4 atom stereocenters. The molecule has 0 amide bonds. The molecule has 1 N–H and O–H groups in total.